The van der Waals surface area contributed by atoms with Gasteiger partial charge in [0.15, 0.2) is 11.6 Å². The highest BCUT2D eigenvalue weighted by atomic mass is 19.1. The van der Waals surface area contributed by atoms with Gasteiger partial charge in [0.05, 0.1) is 11.9 Å². The van der Waals surface area contributed by atoms with Crippen molar-refractivity contribution in [3.63, 3.8) is 0 Å². The Morgan fingerprint density at radius 2 is 1.97 bits per heavy atom. The third-order valence-electron chi connectivity index (χ3n) is 4.54. The van der Waals surface area contributed by atoms with E-state index in [1.165, 1.54) is 6.20 Å². The van der Waals surface area contributed by atoms with Crippen LogP contribution in [0, 0.1) is 23.1 Å². The molecular formula is C24H23FN6. The number of nitrogens with one attached hydrogen (secondary N) is 1. The van der Waals surface area contributed by atoms with Crippen molar-refractivity contribution in [2.24, 2.45) is 5.41 Å². The summed E-state index contributed by atoms with van der Waals surface area (Å²) in [5, 5.41) is 7.71. The zero-order valence-electron chi connectivity index (χ0n) is 17.7. The van der Waals surface area contributed by atoms with Gasteiger partial charge in [0.1, 0.15) is 11.2 Å². The molecule has 0 amide bonds. The molecule has 0 bridgehead atoms. The predicted molar refractivity (Wildman–Crippen MR) is 119 cm³/mol. The minimum atomic E-state index is -0.461. The van der Waals surface area contributed by atoms with Crippen molar-refractivity contribution in [3.05, 3.63) is 66.5 Å². The number of hydrogen-bond donors (Lipinski definition) is 1. The number of fused-ring (bicyclic) bond motifs is 1. The maximum absolute atomic E-state index is 14.3. The van der Waals surface area contributed by atoms with E-state index in [0.717, 1.165) is 23.7 Å². The molecule has 0 saturated heterocycles. The van der Waals surface area contributed by atoms with E-state index >= 15 is 0 Å². The van der Waals surface area contributed by atoms with Crippen LogP contribution in [0.15, 0.2) is 55.1 Å². The highest BCUT2D eigenvalue weighted by molar-refractivity contribution is 5.78. The van der Waals surface area contributed by atoms with E-state index < -0.39 is 5.82 Å². The molecule has 4 heterocycles. The third-order valence-corrected chi connectivity index (χ3v) is 4.54. The van der Waals surface area contributed by atoms with Crippen LogP contribution in [0.25, 0.3) is 17.0 Å². The normalized spacial score (nSPS) is 11.2. The molecular weight excluding hydrogens is 391 g/mol. The Kier molecular flexibility index (Phi) is 5.63. The van der Waals surface area contributed by atoms with Crippen molar-refractivity contribution in [3.8, 4) is 23.4 Å². The molecule has 0 saturated carbocycles. The Hall–Kier alpha value is -3.79. The zero-order valence-corrected chi connectivity index (χ0v) is 17.7. The molecule has 156 valence electrons. The Labute approximate surface area is 180 Å². The molecule has 1 N–H and O–H groups in total. The lowest BCUT2D eigenvalue weighted by Gasteiger charge is -2.12. The van der Waals surface area contributed by atoms with Gasteiger partial charge in [0, 0.05) is 31.4 Å². The molecule has 0 unspecified atom stereocenters. The van der Waals surface area contributed by atoms with Gasteiger partial charge in [-0.3, -0.25) is 9.97 Å². The molecule has 4 aromatic rings. The van der Waals surface area contributed by atoms with Crippen LogP contribution in [0.5, 0.6) is 0 Å². The largest absolute Gasteiger partial charge is 0.336 e. The lowest BCUT2D eigenvalue weighted by Crippen LogP contribution is -2.06. The number of hydrogen-bond acceptors (Lipinski definition) is 5. The summed E-state index contributed by atoms with van der Waals surface area (Å²) in [6, 6.07) is 9.07. The van der Waals surface area contributed by atoms with Crippen LogP contribution in [-0.2, 0) is 6.42 Å². The van der Waals surface area contributed by atoms with E-state index in [0.29, 0.717) is 23.8 Å². The molecule has 0 spiro atoms. The summed E-state index contributed by atoms with van der Waals surface area (Å²) in [4.78, 5) is 12.8. The van der Waals surface area contributed by atoms with Gasteiger partial charge in [0.25, 0.3) is 0 Å². The van der Waals surface area contributed by atoms with Gasteiger partial charge < -0.3 is 5.32 Å². The van der Waals surface area contributed by atoms with E-state index in [4.69, 9.17) is 0 Å². The number of nitrogens with zero attached hydrogens (tertiary/aromatic N) is 5. The van der Waals surface area contributed by atoms with Crippen LogP contribution >= 0.6 is 0 Å². The van der Waals surface area contributed by atoms with Crippen molar-refractivity contribution in [1.29, 1.82) is 0 Å². The number of anilines is 2. The van der Waals surface area contributed by atoms with Crippen molar-refractivity contribution in [2.45, 2.75) is 33.6 Å². The first-order chi connectivity index (χ1) is 14.9. The third kappa shape index (κ3) is 4.86. The molecule has 0 fully saturated rings. The summed E-state index contributed by atoms with van der Waals surface area (Å²) >= 11 is 0. The average molecular weight is 414 g/mol. The minimum absolute atomic E-state index is 0.155. The van der Waals surface area contributed by atoms with Crippen molar-refractivity contribution in [2.75, 3.05) is 5.32 Å². The fourth-order valence-corrected chi connectivity index (χ4v) is 3.01. The molecule has 0 radical (unpaired) electrons. The Balaban J connectivity index is 1.78. The first-order valence-electron chi connectivity index (χ1n) is 10.0. The number of aromatic nitrogens is 5. The highest BCUT2D eigenvalue weighted by Gasteiger charge is 2.16. The SMILES string of the molecule is CC(C)(C)CC#CCc1ccn2nc(-c3ccccn3)nc(Nc3ccncc3F)c12. The van der Waals surface area contributed by atoms with Crippen LogP contribution in [0.2, 0.25) is 0 Å². The first-order valence-corrected chi connectivity index (χ1v) is 10.0. The average Bonchev–Trinajstić information content (AvgIpc) is 3.16. The predicted octanol–water partition coefficient (Wildman–Crippen LogP) is 5.05. The highest BCUT2D eigenvalue weighted by Crippen LogP contribution is 2.27. The number of rotatable bonds is 4. The Morgan fingerprint density at radius 1 is 1.10 bits per heavy atom. The van der Waals surface area contributed by atoms with Gasteiger partial charge >= 0.3 is 0 Å². The smallest absolute Gasteiger partial charge is 0.200 e. The topological polar surface area (TPSA) is 68.0 Å². The Morgan fingerprint density at radius 3 is 2.71 bits per heavy atom. The van der Waals surface area contributed by atoms with Crippen LogP contribution in [0.3, 0.4) is 0 Å². The summed E-state index contributed by atoms with van der Waals surface area (Å²) in [6.07, 6.45) is 7.60. The standard InChI is InChI=1S/C24H23FN6/c1-24(2,3)12-6-4-8-17-11-15-31-21(17)23(28-19-10-14-26-16-18(19)25)29-22(30-31)20-9-5-7-13-27-20/h5,7,9-11,13-16H,8,12H2,1-3H3,(H,26,28,29,30). The number of pyridine rings is 2. The second-order valence-corrected chi connectivity index (χ2v) is 8.38. The van der Waals surface area contributed by atoms with Crippen LogP contribution < -0.4 is 5.32 Å². The van der Waals surface area contributed by atoms with Gasteiger partial charge in [-0.05, 0) is 35.2 Å². The van der Waals surface area contributed by atoms with Crippen molar-refractivity contribution < 1.29 is 4.39 Å². The first kappa shape index (κ1) is 20.5. The molecule has 7 heteroatoms. The molecule has 0 aliphatic heterocycles. The van der Waals surface area contributed by atoms with Gasteiger partial charge in [-0.2, -0.15) is 0 Å². The van der Waals surface area contributed by atoms with E-state index in [1.807, 2.05) is 30.5 Å². The van der Waals surface area contributed by atoms with Gasteiger partial charge in [-0.25, -0.2) is 13.9 Å². The molecule has 0 atom stereocenters. The summed E-state index contributed by atoms with van der Waals surface area (Å²) in [5.74, 6) is 6.95. The fraction of sp³-hybridized carbons (Fsp3) is 0.250. The summed E-state index contributed by atoms with van der Waals surface area (Å²) < 4.78 is 16.0. The monoisotopic (exact) mass is 414 g/mol. The quantitative estimate of drug-likeness (QED) is 0.473. The van der Waals surface area contributed by atoms with Crippen LogP contribution in [0.4, 0.5) is 15.9 Å². The molecule has 0 aromatic carbocycles. The molecule has 0 aliphatic rings. The summed E-state index contributed by atoms with van der Waals surface area (Å²) in [7, 11) is 0. The van der Waals surface area contributed by atoms with Crippen LogP contribution in [0.1, 0.15) is 32.8 Å². The summed E-state index contributed by atoms with van der Waals surface area (Å²) in [6.45, 7) is 6.48. The minimum Gasteiger partial charge on any atom is -0.336 e. The maximum Gasteiger partial charge on any atom is 0.200 e. The second-order valence-electron chi connectivity index (χ2n) is 8.38. The van der Waals surface area contributed by atoms with E-state index in [1.54, 1.807) is 16.8 Å². The summed E-state index contributed by atoms with van der Waals surface area (Å²) in [5.41, 5.74) is 2.78. The van der Waals surface area contributed by atoms with Crippen molar-refractivity contribution in [1.82, 2.24) is 24.6 Å². The van der Waals surface area contributed by atoms with Crippen LogP contribution in [-0.4, -0.2) is 24.6 Å². The van der Waals surface area contributed by atoms with Gasteiger partial charge in [-0.1, -0.05) is 32.8 Å². The molecule has 0 aliphatic carbocycles. The lowest BCUT2D eigenvalue weighted by atomic mass is 9.93. The van der Waals surface area contributed by atoms with E-state index in [-0.39, 0.29) is 11.1 Å². The zero-order chi connectivity index (χ0) is 21.8. The van der Waals surface area contributed by atoms with Gasteiger partial charge in [-0.15, -0.1) is 11.0 Å². The fourth-order valence-electron chi connectivity index (χ4n) is 3.01. The lowest BCUT2D eigenvalue weighted by molar-refractivity contribution is 0.428. The number of halogens is 1. The molecule has 4 rings (SSSR count). The van der Waals surface area contributed by atoms with Gasteiger partial charge in [0.2, 0.25) is 5.82 Å². The Bertz CT molecular complexity index is 1260. The van der Waals surface area contributed by atoms with E-state index in [9.17, 15) is 4.39 Å². The molecule has 4 aromatic heterocycles. The molecule has 31 heavy (non-hydrogen) atoms. The maximum atomic E-state index is 14.3. The molecule has 6 nitrogen and oxygen atoms in total. The van der Waals surface area contributed by atoms with E-state index in [2.05, 4.69) is 58.0 Å². The second kappa shape index (κ2) is 8.52. The van der Waals surface area contributed by atoms with Crippen molar-refractivity contribution >= 4 is 17.0 Å².